The number of sulfonamides is 1. The van der Waals surface area contributed by atoms with Crippen molar-refractivity contribution < 1.29 is 17.3 Å². The molecule has 2 N–H and O–H groups in total. The first kappa shape index (κ1) is 15.7. The van der Waals surface area contributed by atoms with Gasteiger partial charge in [0.2, 0.25) is 10.0 Å². The molecule has 25 heavy (non-hydrogen) atoms. The van der Waals surface area contributed by atoms with E-state index in [1.165, 1.54) is 12.1 Å². The van der Waals surface area contributed by atoms with Crippen molar-refractivity contribution in [3.8, 4) is 0 Å². The van der Waals surface area contributed by atoms with Gasteiger partial charge in [-0.3, -0.25) is 5.01 Å². The third-order valence-corrected chi connectivity index (χ3v) is 4.95. The fourth-order valence-corrected chi connectivity index (χ4v) is 3.35. The van der Waals surface area contributed by atoms with Gasteiger partial charge >= 0.3 is 0 Å². The quantitative estimate of drug-likeness (QED) is 0.773. The molecule has 0 amide bonds. The molecule has 0 radical (unpaired) electrons. The number of furan rings is 2. The van der Waals surface area contributed by atoms with Gasteiger partial charge in [-0.1, -0.05) is 0 Å². The molecule has 0 aliphatic carbocycles. The minimum absolute atomic E-state index is 0.0558. The summed E-state index contributed by atoms with van der Waals surface area (Å²) in [6.07, 6.45) is 3.82. The average molecular weight is 357 g/mol. The van der Waals surface area contributed by atoms with E-state index in [1.807, 2.05) is 24.3 Å². The van der Waals surface area contributed by atoms with Crippen LogP contribution >= 0.6 is 0 Å². The van der Waals surface area contributed by atoms with Crippen molar-refractivity contribution >= 4 is 21.4 Å². The predicted molar refractivity (Wildman–Crippen MR) is 91.6 cm³/mol. The van der Waals surface area contributed by atoms with Crippen LogP contribution in [-0.4, -0.2) is 14.1 Å². The number of anilines is 1. The second-order valence-corrected chi connectivity index (χ2v) is 7.20. The first-order valence-corrected chi connectivity index (χ1v) is 9.14. The summed E-state index contributed by atoms with van der Waals surface area (Å²) >= 11 is 0. The highest BCUT2D eigenvalue weighted by Crippen LogP contribution is 2.37. The third kappa shape index (κ3) is 2.97. The van der Waals surface area contributed by atoms with Gasteiger partial charge in [0.25, 0.3) is 0 Å². The molecular weight excluding hydrogens is 342 g/mol. The Hall–Kier alpha value is -2.84. The molecule has 1 aromatic carbocycles. The highest BCUT2D eigenvalue weighted by Gasteiger charge is 2.32. The van der Waals surface area contributed by atoms with Crippen molar-refractivity contribution in [3.05, 3.63) is 72.6 Å². The molecule has 0 fully saturated rings. The molecule has 0 saturated carbocycles. The summed E-state index contributed by atoms with van der Waals surface area (Å²) < 4.78 is 33.9. The Kier molecular flexibility index (Phi) is 3.70. The zero-order valence-corrected chi connectivity index (χ0v) is 13.9. The van der Waals surface area contributed by atoms with Gasteiger partial charge in [-0.15, -0.1) is 0 Å². The van der Waals surface area contributed by atoms with E-state index in [0.717, 1.165) is 17.2 Å². The fourth-order valence-electron chi connectivity index (χ4n) is 2.83. The molecule has 1 aliphatic rings. The van der Waals surface area contributed by atoms with Crippen LogP contribution in [0.3, 0.4) is 0 Å². The molecule has 1 unspecified atom stereocenters. The summed E-state index contributed by atoms with van der Waals surface area (Å²) in [5, 5.41) is 11.6. The minimum Gasteiger partial charge on any atom is -0.467 e. The molecule has 8 heteroatoms. The molecule has 4 rings (SSSR count). The Bertz CT molecular complexity index is 991. The van der Waals surface area contributed by atoms with Gasteiger partial charge in [-0.2, -0.15) is 5.10 Å². The van der Waals surface area contributed by atoms with E-state index >= 15 is 0 Å². The summed E-state index contributed by atoms with van der Waals surface area (Å²) in [6.45, 7) is 0. The van der Waals surface area contributed by atoms with Crippen LogP contribution in [0.4, 0.5) is 5.69 Å². The monoisotopic (exact) mass is 357 g/mol. The van der Waals surface area contributed by atoms with E-state index in [-0.39, 0.29) is 10.9 Å². The number of nitrogens with zero attached hydrogens (tertiary/aromatic N) is 2. The van der Waals surface area contributed by atoms with Crippen LogP contribution in [0, 0.1) is 0 Å². The molecular formula is C17H15N3O4S. The molecule has 128 valence electrons. The molecule has 0 bridgehead atoms. The van der Waals surface area contributed by atoms with Gasteiger partial charge in [0, 0.05) is 6.42 Å². The number of hydrogen-bond donors (Lipinski definition) is 1. The van der Waals surface area contributed by atoms with Crippen LogP contribution < -0.4 is 10.1 Å². The SMILES string of the molecule is NS(=O)(=O)c1ccc(N2N=C(c3ccco3)CC2c2ccco2)cc1. The van der Waals surface area contributed by atoms with Crippen molar-refractivity contribution in [3.63, 3.8) is 0 Å². The summed E-state index contributed by atoms with van der Waals surface area (Å²) in [6, 6.07) is 13.5. The van der Waals surface area contributed by atoms with Gasteiger partial charge in [0.1, 0.15) is 23.3 Å². The minimum atomic E-state index is -3.73. The van der Waals surface area contributed by atoms with Crippen molar-refractivity contribution in [2.75, 3.05) is 5.01 Å². The molecule has 0 spiro atoms. The molecule has 3 heterocycles. The van der Waals surface area contributed by atoms with Crippen LogP contribution in [0.1, 0.15) is 24.0 Å². The molecule has 3 aromatic rings. The molecule has 0 saturated heterocycles. The third-order valence-electron chi connectivity index (χ3n) is 4.02. The van der Waals surface area contributed by atoms with Crippen molar-refractivity contribution in [2.24, 2.45) is 10.2 Å². The van der Waals surface area contributed by atoms with Crippen LogP contribution in [-0.2, 0) is 10.0 Å². The largest absolute Gasteiger partial charge is 0.467 e. The Balaban J connectivity index is 1.73. The van der Waals surface area contributed by atoms with Crippen molar-refractivity contribution in [1.82, 2.24) is 0 Å². The molecule has 1 atom stereocenters. The summed E-state index contributed by atoms with van der Waals surface area (Å²) in [5.74, 6) is 1.46. The van der Waals surface area contributed by atoms with Gasteiger partial charge < -0.3 is 8.83 Å². The lowest BCUT2D eigenvalue weighted by Gasteiger charge is -2.22. The number of hydrazone groups is 1. The van der Waals surface area contributed by atoms with Gasteiger partial charge in [0.15, 0.2) is 0 Å². The van der Waals surface area contributed by atoms with E-state index in [4.69, 9.17) is 14.0 Å². The maximum atomic E-state index is 11.4. The Morgan fingerprint density at radius 1 is 1.04 bits per heavy atom. The topological polar surface area (TPSA) is 102 Å². The first-order chi connectivity index (χ1) is 12.0. The van der Waals surface area contributed by atoms with Crippen molar-refractivity contribution in [1.29, 1.82) is 0 Å². The standard InChI is InChI=1S/C17H15N3O4S/c18-25(21,22)13-7-5-12(6-8-13)20-15(17-4-2-10-24-17)11-14(19-20)16-3-1-9-23-16/h1-10,15H,11H2,(H2,18,21,22). The lowest BCUT2D eigenvalue weighted by atomic mass is 10.1. The zero-order valence-electron chi connectivity index (χ0n) is 13.1. The van der Waals surface area contributed by atoms with E-state index in [2.05, 4.69) is 5.10 Å². The molecule has 7 nitrogen and oxygen atoms in total. The van der Waals surface area contributed by atoms with Gasteiger partial charge in [-0.25, -0.2) is 13.6 Å². The summed E-state index contributed by atoms with van der Waals surface area (Å²) in [5.41, 5.74) is 1.53. The van der Waals surface area contributed by atoms with E-state index < -0.39 is 10.0 Å². The second kappa shape index (κ2) is 5.91. The lowest BCUT2D eigenvalue weighted by Crippen LogP contribution is -2.18. The van der Waals surface area contributed by atoms with E-state index in [0.29, 0.717) is 12.2 Å². The Morgan fingerprint density at radius 3 is 2.36 bits per heavy atom. The fraction of sp³-hybridized carbons (Fsp3) is 0.118. The predicted octanol–water partition coefficient (Wildman–Crippen LogP) is 2.88. The first-order valence-electron chi connectivity index (χ1n) is 7.59. The van der Waals surface area contributed by atoms with Crippen LogP contribution in [0.2, 0.25) is 0 Å². The smallest absolute Gasteiger partial charge is 0.238 e. The van der Waals surface area contributed by atoms with Gasteiger partial charge in [0.05, 0.1) is 23.1 Å². The van der Waals surface area contributed by atoms with Gasteiger partial charge in [-0.05, 0) is 48.5 Å². The second-order valence-electron chi connectivity index (χ2n) is 5.64. The number of hydrogen-bond acceptors (Lipinski definition) is 6. The molecule has 2 aromatic heterocycles. The Labute approximate surface area is 144 Å². The number of primary sulfonamides is 1. The highest BCUT2D eigenvalue weighted by atomic mass is 32.2. The normalized spacial score (nSPS) is 17.7. The van der Waals surface area contributed by atoms with Crippen LogP contribution in [0.25, 0.3) is 0 Å². The van der Waals surface area contributed by atoms with Crippen LogP contribution in [0.15, 0.2) is 79.9 Å². The lowest BCUT2D eigenvalue weighted by molar-refractivity contribution is 0.464. The molecule has 1 aliphatic heterocycles. The maximum absolute atomic E-state index is 11.4. The van der Waals surface area contributed by atoms with Crippen LogP contribution in [0.5, 0.6) is 0 Å². The highest BCUT2D eigenvalue weighted by molar-refractivity contribution is 7.89. The zero-order chi connectivity index (χ0) is 17.4. The number of nitrogens with two attached hydrogens (primary N) is 1. The number of rotatable bonds is 4. The number of benzene rings is 1. The Morgan fingerprint density at radius 2 is 1.76 bits per heavy atom. The van der Waals surface area contributed by atoms with E-state index in [1.54, 1.807) is 29.7 Å². The summed E-state index contributed by atoms with van der Waals surface area (Å²) in [7, 11) is -3.73. The summed E-state index contributed by atoms with van der Waals surface area (Å²) in [4.78, 5) is 0.0558. The van der Waals surface area contributed by atoms with E-state index in [9.17, 15) is 8.42 Å². The average Bonchev–Trinajstić information content (AvgIpc) is 3.33. The van der Waals surface area contributed by atoms with Crippen molar-refractivity contribution in [2.45, 2.75) is 17.4 Å². The maximum Gasteiger partial charge on any atom is 0.238 e.